The van der Waals surface area contributed by atoms with E-state index in [0.29, 0.717) is 24.7 Å². The first kappa shape index (κ1) is 13.4. The lowest BCUT2D eigenvalue weighted by Crippen LogP contribution is -2.14. The first-order chi connectivity index (χ1) is 7.99. The molecule has 0 bridgehead atoms. The number of carboxylic acid groups (broad SMARTS) is 1. The van der Waals surface area contributed by atoms with Crippen molar-refractivity contribution < 1.29 is 14.6 Å². The number of carboxylic acids is 1. The molecular formula is C12H18N2O3. The summed E-state index contributed by atoms with van der Waals surface area (Å²) >= 11 is 0. The zero-order chi connectivity index (χ0) is 12.8. The van der Waals surface area contributed by atoms with Crippen LogP contribution in [0.3, 0.4) is 0 Å². The molecule has 0 radical (unpaired) electrons. The van der Waals surface area contributed by atoms with E-state index in [9.17, 15) is 4.79 Å². The summed E-state index contributed by atoms with van der Waals surface area (Å²) in [6.45, 7) is 6.87. The lowest BCUT2D eigenvalue weighted by atomic mass is 10.2. The molecule has 0 saturated carbocycles. The van der Waals surface area contributed by atoms with Crippen molar-refractivity contribution >= 4 is 11.8 Å². The summed E-state index contributed by atoms with van der Waals surface area (Å²) in [5, 5.41) is 11.9. The van der Waals surface area contributed by atoms with Crippen LogP contribution in [-0.4, -0.2) is 35.3 Å². The summed E-state index contributed by atoms with van der Waals surface area (Å²) in [6, 6.07) is 3.06. The molecule has 0 spiro atoms. The maximum atomic E-state index is 10.8. The van der Waals surface area contributed by atoms with E-state index >= 15 is 0 Å². The second-order valence-corrected chi connectivity index (χ2v) is 4.03. The quantitative estimate of drug-likeness (QED) is 0.741. The fourth-order valence-corrected chi connectivity index (χ4v) is 1.36. The highest BCUT2D eigenvalue weighted by Gasteiger charge is 2.06. The van der Waals surface area contributed by atoms with Crippen LogP contribution in [0.25, 0.3) is 0 Å². The molecule has 0 amide bonds. The standard InChI is InChI=1S/C12H18N2O3/c1-8(2)17-5-4-13-11-7-10(12(15)16)6-9(3)14-11/h6-8H,4-5H2,1-3H3,(H,13,14)(H,15,16). The van der Waals surface area contributed by atoms with Crippen LogP contribution in [0.15, 0.2) is 12.1 Å². The van der Waals surface area contributed by atoms with Crippen molar-refractivity contribution in [1.82, 2.24) is 4.98 Å². The molecule has 0 aliphatic rings. The highest BCUT2D eigenvalue weighted by atomic mass is 16.5. The number of anilines is 1. The van der Waals surface area contributed by atoms with E-state index in [1.54, 1.807) is 6.92 Å². The third-order valence-corrected chi connectivity index (χ3v) is 2.06. The Bertz CT molecular complexity index is 391. The van der Waals surface area contributed by atoms with Crippen molar-refractivity contribution in [3.63, 3.8) is 0 Å². The number of hydrogen-bond donors (Lipinski definition) is 2. The molecular weight excluding hydrogens is 220 g/mol. The first-order valence-electron chi connectivity index (χ1n) is 5.56. The molecule has 1 aromatic heterocycles. The van der Waals surface area contributed by atoms with Gasteiger partial charge in [-0.05, 0) is 32.9 Å². The number of hydrogen-bond acceptors (Lipinski definition) is 4. The van der Waals surface area contributed by atoms with Gasteiger partial charge < -0.3 is 15.2 Å². The molecule has 1 rings (SSSR count). The zero-order valence-electron chi connectivity index (χ0n) is 10.4. The van der Waals surface area contributed by atoms with Crippen LogP contribution in [-0.2, 0) is 4.74 Å². The number of nitrogens with one attached hydrogen (secondary N) is 1. The van der Waals surface area contributed by atoms with Crippen LogP contribution in [0, 0.1) is 6.92 Å². The smallest absolute Gasteiger partial charge is 0.335 e. The number of pyridine rings is 1. The van der Waals surface area contributed by atoms with Crippen molar-refractivity contribution in [3.05, 3.63) is 23.4 Å². The monoisotopic (exact) mass is 238 g/mol. The topological polar surface area (TPSA) is 71.5 Å². The van der Waals surface area contributed by atoms with E-state index < -0.39 is 5.97 Å². The molecule has 1 aromatic rings. The number of ether oxygens (including phenoxy) is 1. The van der Waals surface area contributed by atoms with E-state index in [-0.39, 0.29) is 11.7 Å². The van der Waals surface area contributed by atoms with Gasteiger partial charge in [-0.15, -0.1) is 0 Å². The first-order valence-corrected chi connectivity index (χ1v) is 5.56. The minimum absolute atomic E-state index is 0.192. The summed E-state index contributed by atoms with van der Waals surface area (Å²) in [6.07, 6.45) is 0.192. The molecule has 17 heavy (non-hydrogen) atoms. The summed E-state index contributed by atoms with van der Waals surface area (Å²) in [4.78, 5) is 15.0. The third-order valence-electron chi connectivity index (χ3n) is 2.06. The number of rotatable bonds is 6. The zero-order valence-corrected chi connectivity index (χ0v) is 10.4. The predicted octanol–water partition coefficient (Wildman–Crippen LogP) is 1.93. The van der Waals surface area contributed by atoms with Gasteiger partial charge in [0.15, 0.2) is 0 Å². The van der Waals surface area contributed by atoms with E-state index in [1.807, 2.05) is 13.8 Å². The Balaban J connectivity index is 2.56. The molecule has 94 valence electrons. The Labute approximate surface area is 101 Å². The van der Waals surface area contributed by atoms with Crippen molar-refractivity contribution in [2.45, 2.75) is 26.9 Å². The van der Waals surface area contributed by atoms with E-state index in [4.69, 9.17) is 9.84 Å². The number of aromatic nitrogens is 1. The molecule has 0 fully saturated rings. The Hall–Kier alpha value is -1.62. The minimum Gasteiger partial charge on any atom is -0.478 e. The van der Waals surface area contributed by atoms with Gasteiger partial charge in [-0.3, -0.25) is 0 Å². The third kappa shape index (κ3) is 4.82. The van der Waals surface area contributed by atoms with Crippen LogP contribution in [0.2, 0.25) is 0 Å². The highest BCUT2D eigenvalue weighted by Crippen LogP contribution is 2.09. The maximum absolute atomic E-state index is 10.8. The van der Waals surface area contributed by atoms with Crippen molar-refractivity contribution in [1.29, 1.82) is 0 Å². The van der Waals surface area contributed by atoms with Gasteiger partial charge in [-0.2, -0.15) is 0 Å². The fourth-order valence-electron chi connectivity index (χ4n) is 1.36. The number of carbonyl (C=O) groups is 1. The van der Waals surface area contributed by atoms with E-state index in [1.165, 1.54) is 12.1 Å². The second kappa shape index (κ2) is 6.20. The van der Waals surface area contributed by atoms with Gasteiger partial charge in [-0.1, -0.05) is 0 Å². The number of aryl methyl sites for hydroxylation is 1. The Morgan fingerprint density at radius 2 is 2.24 bits per heavy atom. The largest absolute Gasteiger partial charge is 0.478 e. The summed E-state index contributed by atoms with van der Waals surface area (Å²) in [5.41, 5.74) is 0.918. The van der Waals surface area contributed by atoms with Gasteiger partial charge in [0, 0.05) is 12.2 Å². The van der Waals surface area contributed by atoms with Crippen molar-refractivity contribution in [3.8, 4) is 0 Å². The average molecular weight is 238 g/mol. The lowest BCUT2D eigenvalue weighted by molar-refractivity contribution is 0.0696. The maximum Gasteiger partial charge on any atom is 0.335 e. The highest BCUT2D eigenvalue weighted by molar-refractivity contribution is 5.88. The molecule has 0 unspecified atom stereocenters. The molecule has 0 aliphatic carbocycles. The molecule has 1 heterocycles. The summed E-state index contributed by atoms with van der Waals surface area (Å²) in [5.74, 6) is -0.383. The molecule has 5 heteroatoms. The fraction of sp³-hybridized carbons (Fsp3) is 0.500. The number of nitrogens with zero attached hydrogens (tertiary/aromatic N) is 1. The average Bonchev–Trinajstić information content (AvgIpc) is 2.23. The van der Waals surface area contributed by atoms with Crippen LogP contribution in [0.1, 0.15) is 29.9 Å². The van der Waals surface area contributed by atoms with Gasteiger partial charge in [0.25, 0.3) is 0 Å². The van der Waals surface area contributed by atoms with Crippen LogP contribution < -0.4 is 5.32 Å². The Morgan fingerprint density at radius 1 is 1.53 bits per heavy atom. The second-order valence-electron chi connectivity index (χ2n) is 4.03. The van der Waals surface area contributed by atoms with Gasteiger partial charge in [0.05, 0.1) is 18.3 Å². The van der Waals surface area contributed by atoms with Gasteiger partial charge in [-0.25, -0.2) is 9.78 Å². The SMILES string of the molecule is Cc1cc(C(=O)O)cc(NCCOC(C)C)n1. The summed E-state index contributed by atoms with van der Waals surface area (Å²) < 4.78 is 5.36. The van der Waals surface area contributed by atoms with E-state index in [0.717, 1.165) is 0 Å². The summed E-state index contributed by atoms with van der Waals surface area (Å²) in [7, 11) is 0. The van der Waals surface area contributed by atoms with Crippen molar-refractivity contribution in [2.75, 3.05) is 18.5 Å². The Morgan fingerprint density at radius 3 is 2.82 bits per heavy atom. The lowest BCUT2D eigenvalue weighted by Gasteiger charge is -2.10. The van der Waals surface area contributed by atoms with Gasteiger partial charge in [0.1, 0.15) is 5.82 Å². The van der Waals surface area contributed by atoms with Crippen LogP contribution in [0.4, 0.5) is 5.82 Å². The number of aromatic carboxylic acids is 1. The van der Waals surface area contributed by atoms with Gasteiger partial charge >= 0.3 is 5.97 Å². The molecule has 0 atom stereocenters. The molecule has 0 aromatic carbocycles. The molecule has 0 saturated heterocycles. The normalized spacial score (nSPS) is 10.6. The minimum atomic E-state index is -0.947. The van der Waals surface area contributed by atoms with Crippen LogP contribution in [0.5, 0.6) is 0 Å². The van der Waals surface area contributed by atoms with E-state index in [2.05, 4.69) is 10.3 Å². The van der Waals surface area contributed by atoms with Gasteiger partial charge in [0.2, 0.25) is 0 Å². The predicted molar refractivity (Wildman–Crippen MR) is 65.5 cm³/mol. The molecule has 0 aliphatic heterocycles. The van der Waals surface area contributed by atoms with Crippen molar-refractivity contribution in [2.24, 2.45) is 0 Å². The Kier molecular flexibility index (Phi) is 4.90. The molecule has 2 N–H and O–H groups in total. The van der Waals surface area contributed by atoms with Crippen LogP contribution >= 0.6 is 0 Å². The molecule has 5 nitrogen and oxygen atoms in total.